The number of hydrogen-bond donors (Lipinski definition) is 1. The second-order valence-corrected chi connectivity index (χ2v) is 4.86. The number of rotatable bonds is 2. The van der Waals surface area contributed by atoms with E-state index in [9.17, 15) is 0 Å². The molecular formula is C12H24N2O. The first-order chi connectivity index (χ1) is 7.38. The number of hydrogen-bond acceptors (Lipinski definition) is 3. The highest BCUT2D eigenvalue weighted by Crippen LogP contribution is 2.19. The summed E-state index contributed by atoms with van der Waals surface area (Å²) in [5.41, 5.74) is 0. The van der Waals surface area contributed by atoms with Crippen LogP contribution < -0.4 is 5.32 Å². The Morgan fingerprint density at radius 3 is 2.73 bits per heavy atom. The van der Waals surface area contributed by atoms with Crippen LogP contribution in [0, 0.1) is 0 Å². The van der Waals surface area contributed by atoms with Gasteiger partial charge in [-0.1, -0.05) is 0 Å². The molecule has 0 radical (unpaired) electrons. The third-order valence-corrected chi connectivity index (χ3v) is 3.84. The highest BCUT2D eigenvalue weighted by molar-refractivity contribution is 4.82. The van der Waals surface area contributed by atoms with Crippen molar-refractivity contribution in [2.45, 2.75) is 44.2 Å². The first kappa shape index (κ1) is 11.4. The van der Waals surface area contributed by atoms with Gasteiger partial charge in [0.1, 0.15) is 0 Å². The first-order valence-electron chi connectivity index (χ1n) is 6.38. The molecule has 2 fully saturated rings. The molecule has 2 aliphatic rings. The van der Waals surface area contributed by atoms with Crippen molar-refractivity contribution < 1.29 is 4.74 Å². The Morgan fingerprint density at radius 1 is 1.07 bits per heavy atom. The average molecular weight is 212 g/mol. The van der Waals surface area contributed by atoms with E-state index in [2.05, 4.69) is 17.3 Å². The van der Waals surface area contributed by atoms with E-state index in [0.717, 1.165) is 25.3 Å². The molecule has 0 aromatic heterocycles. The van der Waals surface area contributed by atoms with Crippen molar-refractivity contribution in [2.24, 2.45) is 0 Å². The fraction of sp³-hybridized carbons (Fsp3) is 1.00. The Bertz CT molecular complexity index is 172. The molecule has 2 atom stereocenters. The van der Waals surface area contributed by atoms with Gasteiger partial charge < -0.3 is 10.1 Å². The van der Waals surface area contributed by atoms with Gasteiger partial charge >= 0.3 is 0 Å². The van der Waals surface area contributed by atoms with Gasteiger partial charge in [-0.25, -0.2) is 0 Å². The van der Waals surface area contributed by atoms with Gasteiger partial charge in [-0.15, -0.1) is 0 Å². The number of piperidine rings is 1. The van der Waals surface area contributed by atoms with Crippen LogP contribution in [0.3, 0.4) is 0 Å². The number of nitrogens with one attached hydrogen (secondary N) is 1. The van der Waals surface area contributed by atoms with Gasteiger partial charge in [0.15, 0.2) is 0 Å². The van der Waals surface area contributed by atoms with Crippen LogP contribution in [0.15, 0.2) is 0 Å². The predicted octanol–water partition coefficient (Wildman–Crippen LogP) is 1.24. The van der Waals surface area contributed by atoms with Gasteiger partial charge in [0.25, 0.3) is 0 Å². The maximum Gasteiger partial charge on any atom is 0.0480 e. The standard InChI is InChI=1S/C12H24N2O/c1-14(12-4-2-7-13-10-12)11-5-3-8-15-9-6-11/h11-13H,2-10H2,1H3. The van der Waals surface area contributed by atoms with E-state index in [-0.39, 0.29) is 0 Å². The Labute approximate surface area is 93.2 Å². The van der Waals surface area contributed by atoms with E-state index in [1.54, 1.807) is 0 Å². The fourth-order valence-corrected chi connectivity index (χ4v) is 2.77. The van der Waals surface area contributed by atoms with Crippen LogP contribution in [0.4, 0.5) is 0 Å². The Kier molecular flexibility index (Phi) is 4.42. The molecule has 2 heterocycles. The average Bonchev–Trinajstić information content (AvgIpc) is 2.58. The van der Waals surface area contributed by atoms with Gasteiger partial charge in [0, 0.05) is 31.8 Å². The molecule has 88 valence electrons. The lowest BCUT2D eigenvalue weighted by atomic mass is 10.0. The summed E-state index contributed by atoms with van der Waals surface area (Å²) in [7, 11) is 2.30. The maximum atomic E-state index is 5.52. The van der Waals surface area contributed by atoms with Crippen molar-refractivity contribution in [3.05, 3.63) is 0 Å². The van der Waals surface area contributed by atoms with Crippen LogP contribution in [0.1, 0.15) is 32.1 Å². The summed E-state index contributed by atoms with van der Waals surface area (Å²) < 4.78 is 5.52. The third-order valence-electron chi connectivity index (χ3n) is 3.84. The lowest BCUT2D eigenvalue weighted by Crippen LogP contribution is -2.48. The van der Waals surface area contributed by atoms with Crippen molar-refractivity contribution in [1.82, 2.24) is 10.2 Å². The summed E-state index contributed by atoms with van der Waals surface area (Å²) in [5, 5.41) is 3.50. The molecule has 2 unspecified atom stereocenters. The molecule has 3 nitrogen and oxygen atoms in total. The number of likely N-dealkylation sites (N-methyl/N-ethyl adjacent to an activating group) is 1. The van der Waals surface area contributed by atoms with Gasteiger partial charge in [0.2, 0.25) is 0 Å². The molecule has 0 aliphatic carbocycles. The van der Waals surface area contributed by atoms with Crippen LogP contribution in [-0.4, -0.2) is 50.3 Å². The lowest BCUT2D eigenvalue weighted by molar-refractivity contribution is 0.114. The molecule has 2 saturated heterocycles. The smallest absolute Gasteiger partial charge is 0.0480 e. The van der Waals surface area contributed by atoms with Gasteiger partial charge in [0.05, 0.1) is 0 Å². The maximum absolute atomic E-state index is 5.52. The molecule has 0 amide bonds. The van der Waals surface area contributed by atoms with Crippen molar-refractivity contribution in [1.29, 1.82) is 0 Å². The molecule has 0 aromatic rings. The Hall–Kier alpha value is -0.120. The lowest BCUT2D eigenvalue weighted by Gasteiger charge is -2.37. The molecule has 0 spiro atoms. The van der Waals surface area contributed by atoms with Crippen molar-refractivity contribution in [3.8, 4) is 0 Å². The largest absolute Gasteiger partial charge is 0.381 e. The van der Waals surface area contributed by atoms with Crippen molar-refractivity contribution in [3.63, 3.8) is 0 Å². The van der Waals surface area contributed by atoms with Gasteiger partial charge in [-0.2, -0.15) is 0 Å². The second kappa shape index (κ2) is 5.83. The molecule has 15 heavy (non-hydrogen) atoms. The van der Waals surface area contributed by atoms with E-state index >= 15 is 0 Å². The normalized spacial score (nSPS) is 34.0. The molecule has 3 heteroatoms. The molecule has 0 bridgehead atoms. The minimum atomic E-state index is 0.748. The number of nitrogens with zero attached hydrogens (tertiary/aromatic N) is 1. The number of ether oxygens (including phenoxy) is 1. The fourth-order valence-electron chi connectivity index (χ4n) is 2.77. The summed E-state index contributed by atoms with van der Waals surface area (Å²) in [6.45, 7) is 4.30. The molecule has 0 aromatic carbocycles. The summed E-state index contributed by atoms with van der Waals surface area (Å²) in [5.74, 6) is 0. The monoisotopic (exact) mass is 212 g/mol. The van der Waals surface area contributed by atoms with E-state index < -0.39 is 0 Å². The zero-order valence-corrected chi connectivity index (χ0v) is 9.87. The highest BCUT2D eigenvalue weighted by Gasteiger charge is 2.24. The third kappa shape index (κ3) is 3.16. The van der Waals surface area contributed by atoms with Crippen LogP contribution in [0.5, 0.6) is 0 Å². The van der Waals surface area contributed by atoms with Crippen LogP contribution in [0.2, 0.25) is 0 Å². The summed E-state index contributed by atoms with van der Waals surface area (Å²) in [6, 6.07) is 1.50. The van der Waals surface area contributed by atoms with Crippen LogP contribution in [-0.2, 0) is 4.74 Å². The molecule has 0 saturated carbocycles. The minimum Gasteiger partial charge on any atom is -0.381 e. The van der Waals surface area contributed by atoms with Crippen molar-refractivity contribution >= 4 is 0 Å². The molecular weight excluding hydrogens is 188 g/mol. The summed E-state index contributed by atoms with van der Waals surface area (Å²) in [6.07, 6.45) is 6.45. The van der Waals surface area contributed by atoms with Gasteiger partial charge in [-0.05, 0) is 45.7 Å². The zero-order valence-electron chi connectivity index (χ0n) is 9.87. The van der Waals surface area contributed by atoms with Crippen LogP contribution in [0.25, 0.3) is 0 Å². The van der Waals surface area contributed by atoms with Crippen LogP contribution >= 0.6 is 0 Å². The van der Waals surface area contributed by atoms with E-state index in [1.807, 2.05) is 0 Å². The summed E-state index contributed by atoms with van der Waals surface area (Å²) >= 11 is 0. The van der Waals surface area contributed by atoms with E-state index in [1.165, 1.54) is 45.2 Å². The molecule has 2 rings (SSSR count). The van der Waals surface area contributed by atoms with E-state index in [0.29, 0.717) is 0 Å². The Morgan fingerprint density at radius 2 is 1.93 bits per heavy atom. The Balaban J connectivity index is 1.83. The highest BCUT2D eigenvalue weighted by atomic mass is 16.5. The molecule has 1 N–H and O–H groups in total. The quantitative estimate of drug-likeness (QED) is 0.745. The summed E-state index contributed by atoms with van der Waals surface area (Å²) in [4.78, 5) is 2.60. The minimum absolute atomic E-state index is 0.748. The van der Waals surface area contributed by atoms with E-state index in [4.69, 9.17) is 4.74 Å². The van der Waals surface area contributed by atoms with Crippen molar-refractivity contribution in [2.75, 3.05) is 33.4 Å². The first-order valence-corrected chi connectivity index (χ1v) is 6.38. The van der Waals surface area contributed by atoms with Gasteiger partial charge in [-0.3, -0.25) is 4.90 Å². The topological polar surface area (TPSA) is 24.5 Å². The SMILES string of the molecule is CN(C1CCCOCC1)C1CCCNC1. The second-order valence-electron chi connectivity index (χ2n) is 4.86. The molecule has 2 aliphatic heterocycles. The zero-order chi connectivity index (χ0) is 10.5. The predicted molar refractivity (Wildman–Crippen MR) is 62.1 cm³/mol.